The van der Waals surface area contributed by atoms with Gasteiger partial charge in [-0.15, -0.1) is 0 Å². The van der Waals surface area contributed by atoms with Crippen LogP contribution in [-0.2, 0) is 33.4 Å². The van der Waals surface area contributed by atoms with Gasteiger partial charge in [0.15, 0.2) is 0 Å². The summed E-state index contributed by atoms with van der Waals surface area (Å²) in [6.45, 7) is 7.63. The van der Waals surface area contributed by atoms with E-state index in [0.29, 0.717) is 12.8 Å². The van der Waals surface area contributed by atoms with Crippen molar-refractivity contribution in [2.75, 3.05) is 13.2 Å². The number of hydrogen-bond donors (Lipinski definition) is 0. The molecular formula is C17H26O7. The Labute approximate surface area is 142 Å². The van der Waals surface area contributed by atoms with Gasteiger partial charge >= 0.3 is 23.9 Å². The SMILES string of the molecule is CCOC(=O)C=CC(=O)OCCCCC(=O)OC(=O)CC(C)(C)C. The molecule has 0 bridgehead atoms. The third-order valence-electron chi connectivity index (χ3n) is 2.56. The highest BCUT2D eigenvalue weighted by atomic mass is 16.6. The maximum Gasteiger partial charge on any atom is 0.331 e. The highest BCUT2D eigenvalue weighted by Crippen LogP contribution is 2.19. The lowest BCUT2D eigenvalue weighted by Crippen LogP contribution is -2.18. The van der Waals surface area contributed by atoms with E-state index in [1.165, 1.54) is 0 Å². The lowest BCUT2D eigenvalue weighted by atomic mass is 9.92. The van der Waals surface area contributed by atoms with Crippen LogP contribution < -0.4 is 0 Å². The maximum atomic E-state index is 11.5. The van der Waals surface area contributed by atoms with Crippen LogP contribution in [0, 0.1) is 5.41 Å². The molecule has 0 aliphatic carbocycles. The second kappa shape index (κ2) is 11.4. The van der Waals surface area contributed by atoms with E-state index in [1.807, 2.05) is 20.8 Å². The summed E-state index contributed by atoms with van der Waals surface area (Å²) >= 11 is 0. The zero-order valence-electron chi connectivity index (χ0n) is 14.8. The fraction of sp³-hybridized carbons (Fsp3) is 0.647. The molecule has 7 heteroatoms. The summed E-state index contributed by atoms with van der Waals surface area (Å²) in [6.07, 6.45) is 3.09. The Bertz CT molecular complexity index is 472. The molecule has 7 nitrogen and oxygen atoms in total. The van der Waals surface area contributed by atoms with Gasteiger partial charge in [-0.3, -0.25) is 9.59 Å². The van der Waals surface area contributed by atoms with Crippen molar-refractivity contribution < 1.29 is 33.4 Å². The number of carbonyl (C=O) groups excluding carboxylic acids is 4. The average Bonchev–Trinajstić information content (AvgIpc) is 2.42. The van der Waals surface area contributed by atoms with E-state index in [1.54, 1.807) is 6.92 Å². The Morgan fingerprint density at radius 2 is 1.46 bits per heavy atom. The minimum absolute atomic E-state index is 0.0755. The first-order valence-corrected chi connectivity index (χ1v) is 7.89. The number of esters is 4. The first-order valence-electron chi connectivity index (χ1n) is 7.89. The van der Waals surface area contributed by atoms with Crippen LogP contribution in [0.3, 0.4) is 0 Å². The van der Waals surface area contributed by atoms with E-state index in [2.05, 4.69) is 4.74 Å². The number of unbranched alkanes of at least 4 members (excludes halogenated alkanes) is 1. The van der Waals surface area contributed by atoms with Crippen molar-refractivity contribution >= 4 is 23.9 Å². The van der Waals surface area contributed by atoms with Gasteiger partial charge in [0.1, 0.15) is 0 Å². The van der Waals surface area contributed by atoms with Crippen molar-refractivity contribution in [2.24, 2.45) is 5.41 Å². The third kappa shape index (κ3) is 13.5. The van der Waals surface area contributed by atoms with Gasteiger partial charge in [0, 0.05) is 18.6 Å². The predicted octanol–water partition coefficient (Wildman–Crippen LogP) is 2.33. The van der Waals surface area contributed by atoms with Gasteiger partial charge in [-0.2, -0.15) is 0 Å². The van der Waals surface area contributed by atoms with Crippen LogP contribution in [0.25, 0.3) is 0 Å². The molecule has 24 heavy (non-hydrogen) atoms. The van der Waals surface area contributed by atoms with E-state index in [-0.39, 0.29) is 31.5 Å². The molecule has 0 saturated carbocycles. The van der Waals surface area contributed by atoms with Gasteiger partial charge in [-0.05, 0) is 25.2 Å². The van der Waals surface area contributed by atoms with Crippen molar-refractivity contribution in [3.63, 3.8) is 0 Å². The number of rotatable bonds is 9. The molecule has 0 unspecified atom stereocenters. The largest absolute Gasteiger partial charge is 0.463 e. The Balaban J connectivity index is 3.79. The Morgan fingerprint density at radius 1 is 0.875 bits per heavy atom. The van der Waals surface area contributed by atoms with E-state index >= 15 is 0 Å². The first kappa shape index (κ1) is 21.8. The molecule has 0 heterocycles. The molecule has 0 aromatic heterocycles. The minimum atomic E-state index is -0.661. The van der Waals surface area contributed by atoms with Gasteiger partial charge in [-0.1, -0.05) is 20.8 Å². The fourth-order valence-corrected chi connectivity index (χ4v) is 1.57. The second-order valence-corrected chi connectivity index (χ2v) is 6.29. The molecule has 0 rings (SSSR count). The number of carbonyl (C=O) groups is 4. The summed E-state index contributed by atoms with van der Waals surface area (Å²) in [5, 5.41) is 0. The number of hydrogen-bond acceptors (Lipinski definition) is 7. The molecule has 0 aliphatic heterocycles. The molecule has 0 aromatic carbocycles. The fourth-order valence-electron chi connectivity index (χ4n) is 1.57. The summed E-state index contributed by atoms with van der Waals surface area (Å²) in [5.74, 6) is -2.40. The Morgan fingerprint density at radius 3 is 2.00 bits per heavy atom. The van der Waals surface area contributed by atoms with Crippen LogP contribution in [-0.4, -0.2) is 37.1 Å². The number of ether oxygens (including phenoxy) is 3. The lowest BCUT2D eigenvalue weighted by molar-refractivity contribution is -0.161. The highest BCUT2D eigenvalue weighted by Gasteiger charge is 2.19. The minimum Gasteiger partial charge on any atom is -0.463 e. The molecule has 0 aromatic rings. The van der Waals surface area contributed by atoms with Crippen LogP contribution in [0.4, 0.5) is 0 Å². The maximum absolute atomic E-state index is 11.5. The van der Waals surface area contributed by atoms with E-state index < -0.39 is 23.9 Å². The predicted molar refractivity (Wildman–Crippen MR) is 85.8 cm³/mol. The topological polar surface area (TPSA) is 96.0 Å². The molecule has 0 radical (unpaired) electrons. The summed E-state index contributed by atoms with van der Waals surface area (Å²) in [7, 11) is 0. The average molecular weight is 342 g/mol. The normalized spacial score (nSPS) is 11.2. The summed E-state index contributed by atoms with van der Waals surface area (Å²) in [6, 6.07) is 0. The van der Waals surface area contributed by atoms with Gasteiger partial charge in [0.25, 0.3) is 0 Å². The standard InChI is InChI=1S/C17H26O7/c1-5-22-13(18)9-10-14(19)23-11-7-6-8-15(20)24-16(21)12-17(2,3)4/h9-10H,5-8,11-12H2,1-4H3. The molecule has 0 atom stereocenters. The summed E-state index contributed by atoms with van der Waals surface area (Å²) < 4.78 is 14.2. The molecule has 0 spiro atoms. The van der Waals surface area contributed by atoms with Crippen molar-refractivity contribution in [1.29, 1.82) is 0 Å². The van der Waals surface area contributed by atoms with Crippen LogP contribution in [0.1, 0.15) is 53.4 Å². The molecular weight excluding hydrogens is 316 g/mol. The molecule has 0 saturated heterocycles. The second-order valence-electron chi connectivity index (χ2n) is 6.29. The quantitative estimate of drug-likeness (QED) is 0.208. The van der Waals surface area contributed by atoms with E-state index in [9.17, 15) is 19.2 Å². The monoisotopic (exact) mass is 342 g/mol. The lowest BCUT2D eigenvalue weighted by Gasteiger charge is -2.15. The van der Waals surface area contributed by atoms with Crippen molar-refractivity contribution in [1.82, 2.24) is 0 Å². The van der Waals surface area contributed by atoms with Crippen molar-refractivity contribution in [3.8, 4) is 0 Å². The smallest absolute Gasteiger partial charge is 0.331 e. The van der Waals surface area contributed by atoms with Crippen molar-refractivity contribution in [3.05, 3.63) is 12.2 Å². The molecule has 0 fully saturated rings. The molecule has 0 N–H and O–H groups in total. The van der Waals surface area contributed by atoms with Gasteiger partial charge in [0.2, 0.25) is 0 Å². The van der Waals surface area contributed by atoms with Crippen LogP contribution >= 0.6 is 0 Å². The zero-order valence-corrected chi connectivity index (χ0v) is 14.8. The van der Waals surface area contributed by atoms with Gasteiger partial charge in [-0.25, -0.2) is 9.59 Å². The molecule has 0 amide bonds. The Kier molecular flexibility index (Phi) is 10.3. The third-order valence-corrected chi connectivity index (χ3v) is 2.56. The first-order chi connectivity index (χ1) is 11.1. The summed E-state index contributed by atoms with van der Waals surface area (Å²) in [4.78, 5) is 45.2. The van der Waals surface area contributed by atoms with Crippen LogP contribution in [0.5, 0.6) is 0 Å². The molecule has 0 aliphatic rings. The summed E-state index contributed by atoms with van der Waals surface area (Å²) in [5.41, 5.74) is -0.233. The van der Waals surface area contributed by atoms with E-state index in [4.69, 9.17) is 9.47 Å². The molecule has 136 valence electrons. The van der Waals surface area contributed by atoms with Crippen LogP contribution in [0.15, 0.2) is 12.2 Å². The van der Waals surface area contributed by atoms with Gasteiger partial charge in [0.05, 0.1) is 19.6 Å². The van der Waals surface area contributed by atoms with Crippen LogP contribution in [0.2, 0.25) is 0 Å². The van der Waals surface area contributed by atoms with E-state index in [0.717, 1.165) is 12.2 Å². The highest BCUT2D eigenvalue weighted by molar-refractivity contribution is 5.91. The zero-order chi connectivity index (χ0) is 18.6. The van der Waals surface area contributed by atoms with Gasteiger partial charge < -0.3 is 14.2 Å². The van der Waals surface area contributed by atoms with Crippen molar-refractivity contribution in [2.45, 2.75) is 53.4 Å². The Hall–Kier alpha value is -2.18.